The normalized spacial score (nSPS) is 27.8. The Bertz CT molecular complexity index is 947. The number of amides is 2. The fraction of sp³-hybridized carbons (Fsp3) is 0.536. The highest BCUT2D eigenvalue weighted by molar-refractivity contribution is 5.78. The maximum absolute atomic E-state index is 13.7. The van der Waals surface area contributed by atoms with Crippen molar-refractivity contribution >= 4 is 6.03 Å². The lowest BCUT2D eigenvalue weighted by Crippen LogP contribution is -2.56. The van der Waals surface area contributed by atoms with Crippen molar-refractivity contribution in [2.45, 2.75) is 62.6 Å². The van der Waals surface area contributed by atoms with Crippen LogP contribution in [-0.4, -0.2) is 48.6 Å². The summed E-state index contributed by atoms with van der Waals surface area (Å²) in [7, 11) is 3.78. The van der Waals surface area contributed by atoms with E-state index >= 15 is 0 Å². The van der Waals surface area contributed by atoms with E-state index in [0.717, 1.165) is 50.1 Å². The first kappa shape index (κ1) is 22.3. The third-order valence-corrected chi connectivity index (χ3v) is 8.60. The predicted octanol–water partition coefficient (Wildman–Crippen LogP) is 5.16. The molecule has 5 heteroatoms. The summed E-state index contributed by atoms with van der Waals surface area (Å²) >= 11 is 0. The quantitative estimate of drug-likeness (QED) is 0.638. The van der Waals surface area contributed by atoms with Crippen molar-refractivity contribution in [2.75, 3.05) is 27.2 Å². The molecule has 2 saturated carbocycles. The number of benzene rings is 2. The molecule has 1 saturated heterocycles. The Hall–Kier alpha value is -2.53. The van der Waals surface area contributed by atoms with Crippen molar-refractivity contribution in [2.24, 2.45) is 5.92 Å². The highest BCUT2D eigenvalue weighted by Gasteiger charge is 2.54. The molecule has 1 spiro atoms. The molecule has 0 bridgehead atoms. The highest BCUT2D eigenvalue weighted by Crippen LogP contribution is 2.47. The molecule has 3 fully saturated rings. The van der Waals surface area contributed by atoms with Crippen LogP contribution in [0.3, 0.4) is 0 Å². The summed E-state index contributed by atoms with van der Waals surface area (Å²) < 4.78 is 5.30. The summed E-state index contributed by atoms with van der Waals surface area (Å²) in [5.74, 6) is 1.53. The van der Waals surface area contributed by atoms with E-state index in [1.54, 1.807) is 7.11 Å². The standard InChI is InChI=1S/C28H37N3O2/c1-29-28(24-9-4-3-5-10-24)17-15-27(16-18-28)21-30(19-23-11-13-25(33-2)14-12-23)26(32)31(27)20-22-7-6-8-22/h3-5,9-14,22,29H,6-8,15-21H2,1-2H3/t27-,28-. The van der Waals surface area contributed by atoms with E-state index in [4.69, 9.17) is 4.74 Å². The van der Waals surface area contributed by atoms with Crippen LogP contribution in [0.5, 0.6) is 5.75 Å². The Morgan fingerprint density at radius 2 is 1.70 bits per heavy atom. The number of hydrogen-bond acceptors (Lipinski definition) is 3. The van der Waals surface area contributed by atoms with Crippen molar-refractivity contribution in [3.63, 3.8) is 0 Å². The van der Waals surface area contributed by atoms with E-state index in [9.17, 15) is 4.79 Å². The Morgan fingerprint density at radius 3 is 2.27 bits per heavy atom. The van der Waals surface area contributed by atoms with Crippen molar-refractivity contribution in [3.8, 4) is 5.75 Å². The molecule has 0 atom stereocenters. The molecule has 2 aromatic rings. The number of rotatable bonds is 7. The highest BCUT2D eigenvalue weighted by atomic mass is 16.5. The third kappa shape index (κ3) is 4.12. The Balaban J connectivity index is 1.36. The van der Waals surface area contributed by atoms with Crippen LogP contribution in [0.1, 0.15) is 56.1 Å². The molecule has 2 aromatic carbocycles. The van der Waals surface area contributed by atoms with Gasteiger partial charge in [-0.1, -0.05) is 48.9 Å². The van der Waals surface area contributed by atoms with Gasteiger partial charge in [0.15, 0.2) is 0 Å². The second kappa shape index (κ2) is 9.02. The molecule has 5 rings (SSSR count). The molecule has 0 unspecified atom stereocenters. The van der Waals surface area contributed by atoms with Gasteiger partial charge in [-0.15, -0.1) is 0 Å². The van der Waals surface area contributed by atoms with Gasteiger partial charge in [-0.2, -0.15) is 0 Å². The van der Waals surface area contributed by atoms with Gasteiger partial charge in [-0.3, -0.25) is 0 Å². The van der Waals surface area contributed by atoms with Gasteiger partial charge >= 0.3 is 6.03 Å². The average molecular weight is 448 g/mol. The van der Waals surface area contributed by atoms with E-state index in [-0.39, 0.29) is 17.1 Å². The molecule has 33 heavy (non-hydrogen) atoms. The zero-order chi connectivity index (χ0) is 22.9. The first-order chi connectivity index (χ1) is 16.1. The molecule has 2 amide bonds. The van der Waals surface area contributed by atoms with Gasteiger partial charge in [0.05, 0.1) is 12.6 Å². The van der Waals surface area contributed by atoms with E-state index in [2.05, 4.69) is 64.6 Å². The number of carbonyl (C=O) groups is 1. The molecule has 1 aliphatic heterocycles. The summed E-state index contributed by atoms with van der Waals surface area (Å²) in [4.78, 5) is 18.1. The minimum absolute atomic E-state index is 0.00109. The number of ether oxygens (including phenoxy) is 1. The molecule has 2 aliphatic carbocycles. The van der Waals surface area contributed by atoms with Gasteiger partial charge in [-0.25, -0.2) is 4.79 Å². The SMILES string of the molecule is CN[C@]1(c2ccccc2)CC[C@@]2(CC1)CN(Cc1ccc(OC)cc1)C(=O)N2CC1CCC1. The lowest BCUT2D eigenvalue weighted by atomic mass is 9.68. The van der Waals surface area contributed by atoms with Gasteiger partial charge in [0.1, 0.15) is 5.75 Å². The van der Waals surface area contributed by atoms with E-state index in [1.165, 1.54) is 24.8 Å². The second-order valence-corrected chi connectivity index (χ2v) is 10.3. The molecule has 5 nitrogen and oxygen atoms in total. The van der Waals surface area contributed by atoms with E-state index in [1.807, 2.05) is 12.1 Å². The predicted molar refractivity (Wildman–Crippen MR) is 131 cm³/mol. The Morgan fingerprint density at radius 1 is 1.00 bits per heavy atom. The lowest BCUT2D eigenvalue weighted by molar-refractivity contribution is 0.0584. The first-order valence-corrected chi connectivity index (χ1v) is 12.5. The van der Waals surface area contributed by atoms with E-state index in [0.29, 0.717) is 12.5 Å². The summed E-state index contributed by atoms with van der Waals surface area (Å²) in [5.41, 5.74) is 2.48. The minimum Gasteiger partial charge on any atom is -0.497 e. The molecular formula is C28H37N3O2. The van der Waals surface area contributed by atoms with Crippen LogP contribution < -0.4 is 10.1 Å². The van der Waals surface area contributed by atoms with Gasteiger partial charge < -0.3 is 19.9 Å². The first-order valence-electron chi connectivity index (χ1n) is 12.5. The zero-order valence-corrected chi connectivity index (χ0v) is 20.1. The fourth-order valence-corrected chi connectivity index (χ4v) is 6.17. The Labute approximate surface area is 198 Å². The molecule has 1 N–H and O–H groups in total. The summed E-state index contributed by atoms with van der Waals surface area (Å²) in [6.07, 6.45) is 8.04. The van der Waals surface area contributed by atoms with Crippen LogP contribution in [0, 0.1) is 5.92 Å². The van der Waals surface area contributed by atoms with Crippen molar-refractivity contribution in [1.29, 1.82) is 0 Å². The molecule has 3 aliphatic rings. The largest absolute Gasteiger partial charge is 0.497 e. The maximum Gasteiger partial charge on any atom is 0.320 e. The van der Waals surface area contributed by atoms with Gasteiger partial charge in [0.2, 0.25) is 0 Å². The maximum atomic E-state index is 13.7. The number of urea groups is 1. The summed E-state index contributed by atoms with van der Waals surface area (Å²) in [6.45, 7) is 2.43. The smallest absolute Gasteiger partial charge is 0.320 e. The van der Waals surface area contributed by atoms with Crippen LogP contribution in [-0.2, 0) is 12.1 Å². The zero-order valence-electron chi connectivity index (χ0n) is 20.1. The van der Waals surface area contributed by atoms with Crippen LogP contribution in [0.25, 0.3) is 0 Å². The van der Waals surface area contributed by atoms with Crippen LogP contribution in [0.4, 0.5) is 4.79 Å². The third-order valence-electron chi connectivity index (χ3n) is 8.60. The number of hydrogen-bond donors (Lipinski definition) is 1. The van der Waals surface area contributed by atoms with E-state index < -0.39 is 0 Å². The number of methoxy groups -OCH3 is 1. The topological polar surface area (TPSA) is 44.8 Å². The van der Waals surface area contributed by atoms with Gasteiger partial charge in [0, 0.05) is 25.2 Å². The van der Waals surface area contributed by atoms with Crippen LogP contribution in [0.15, 0.2) is 54.6 Å². The molecule has 0 radical (unpaired) electrons. The van der Waals surface area contributed by atoms with Gasteiger partial charge in [0.25, 0.3) is 0 Å². The fourth-order valence-electron chi connectivity index (χ4n) is 6.17. The number of carbonyl (C=O) groups excluding carboxylic acids is 1. The van der Waals surface area contributed by atoms with Crippen LogP contribution >= 0.6 is 0 Å². The van der Waals surface area contributed by atoms with Crippen molar-refractivity contribution in [1.82, 2.24) is 15.1 Å². The summed E-state index contributed by atoms with van der Waals surface area (Å²) in [5, 5.41) is 3.66. The lowest BCUT2D eigenvalue weighted by Gasteiger charge is -2.49. The average Bonchev–Trinajstić information content (AvgIpc) is 3.08. The van der Waals surface area contributed by atoms with Gasteiger partial charge in [-0.05, 0) is 74.8 Å². The molecule has 0 aromatic heterocycles. The molecular weight excluding hydrogens is 410 g/mol. The van der Waals surface area contributed by atoms with Crippen LogP contribution in [0.2, 0.25) is 0 Å². The Kier molecular flexibility index (Phi) is 6.09. The number of nitrogens with zero attached hydrogens (tertiary/aromatic N) is 2. The molecule has 1 heterocycles. The van der Waals surface area contributed by atoms with Crippen molar-refractivity contribution in [3.05, 3.63) is 65.7 Å². The second-order valence-electron chi connectivity index (χ2n) is 10.3. The summed E-state index contributed by atoms with van der Waals surface area (Å²) in [6, 6.07) is 19.2. The van der Waals surface area contributed by atoms with Crippen molar-refractivity contribution < 1.29 is 9.53 Å². The monoisotopic (exact) mass is 447 g/mol. The minimum atomic E-state index is -0.0473. The number of nitrogens with one attached hydrogen (secondary N) is 1. The molecule has 176 valence electrons.